The van der Waals surface area contributed by atoms with Gasteiger partial charge in [0, 0.05) is 59.9 Å². The fourth-order valence-corrected chi connectivity index (χ4v) is 5.91. The number of nitrogens with zero attached hydrogens (tertiary/aromatic N) is 2. The number of hydrogen-bond acceptors (Lipinski definition) is 6. The summed E-state index contributed by atoms with van der Waals surface area (Å²) in [7, 11) is 0. The molecular formula is C38H39N5O6. The molecule has 1 aromatic heterocycles. The lowest BCUT2D eigenvalue weighted by Gasteiger charge is -2.29. The molecule has 49 heavy (non-hydrogen) atoms. The number of carbonyl (C=O) groups excluding carboxylic acids is 2. The van der Waals surface area contributed by atoms with Gasteiger partial charge in [-0.25, -0.2) is 9.59 Å². The number of urea groups is 1. The summed E-state index contributed by atoms with van der Waals surface area (Å²) in [5, 5.41) is 29.0. The van der Waals surface area contributed by atoms with Crippen molar-refractivity contribution in [3.8, 4) is 17.2 Å². The maximum absolute atomic E-state index is 13.1. The minimum absolute atomic E-state index is 0.0762. The largest absolute Gasteiger partial charge is 0.478 e. The topological polar surface area (TPSA) is 145 Å². The predicted octanol–water partition coefficient (Wildman–Crippen LogP) is 6.86. The SMILES string of the molecule is CC(C)NC(=O)Nc1ccc(Oc2ccc(NC(=O)c3ccc(-n4cc(CN5CCC(O)CC5)c5ccccc54)cc3)cc2)c(C(=O)O)c1. The van der Waals surface area contributed by atoms with Gasteiger partial charge < -0.3 is 35.5 Å². The van der Waals surface area contributed by atoms with Crippen molar-refractivity contribution in [3.63, 3.8) is 0 Å². The van der Waals surface area contributed by atoms with Crippen molar-refractivity contribution in [1.29, 1.82) is 0 Å². The number of benzene rings is 4. The van der Waals surface area contributed by atoms with Gasteiger partial charge in [-0.2, -0.15) is 0 Å². The molecular weight excluding hydrogens is 622 g/mol. The molecule has 2 heterocycles. The predicted molar refractivity (Wildman–Crippen MR) is 189 cm³/mol. The normalized spacial score (nSPS) is 13.7. The van der Waals surface area contributed by atoms with Crippen LogP contribution in [0.2, 0.25) is 0 Å². The van der Waals surface area contributed by atoms with Crippen LogP contribution >= 0.6 is 0 Å². The molecule has 0 bridgehead atoms. The Hall–Kier alpha value is -5.65. The summed E-state index contributed by atoms with van der Waals surface area (Å²) in [5.74, 6) is -1.00. The van der Waals surface area contributed by atoms with E-state index in [0.29, 0.717) is 22.7 Å². The maximum Gasteiger partial charge on any atom is 0.339 e. The number of fused-ring (bicyclic) bond motifs is 1. The molecule has 3 amide bonds. The number of ether oxygens (including phenoxy) is 1. The third-order valence-electron chi connectivity index (χ3n) is 8.38. The smallest absolute Gasteiger partial charge is 0.339 e. The van der Waals surface area contributed by atoms with Crippen LogP contribution in [0.3, 0.4) is 0 Å². The van der Waals surface area contributed by atoms with Crippen LogP contribution in [0.5, 0.6) is 11.5 Å². The number of para-hydroxylation sites is 1. The standard InChI is InChI=1S/C38H39N5O6/c1-24(2)39-38(48)41-28-11-16-35(33(21-28)37(46)47)49-31-14-9-27(10-15-31)40-36(45)25-7-12-29(13-8-25)43-23-26(32-5-3-4-6-34(32)43)22-42-19-17-30(44)18-20-42/h3-16,21,23-24,30,44H,17-20,22H2,1-2H3,(H,40,45)(H,46,47)(H2,39,41,48). The number of carbonyl (C=O) groups is 3. The summed E-state index contributed by atoms with van der Waals surface area (Å²) < 4.78 is 7.98. The van der Waals surface area contributed by atoms with E-state index in [4.69, 9.17) is 4.74 Å². The van der Waals surface area contributed by atoms with E-state index in [1.807, 2.05) is 38.1 Å². The van der Waals surface area contributed by atoms with Gasteiger partial charge in [0.15, 0.2) is 0 Å². The van der Waals surface area contributed by atoms with Crippen LogP contribution in [0.1, 0.15) is 53.0 Å². The number of piperidine rings is 1. The molecule has 0 unspecified atom stereocenters. The maximum atomic E-state index is 13.1. The van der Waals surface area contributed by atoms with Crippen LogP contribution in [0, 0.1) is 0 Å². The van der Waals surface area contributed by atoms with Gasteiger partial charge in [-0.3, -0.25) is 9.69 Å². The van der Waals surface area contributed by atoms with E-state index >= 15 is 0 Å². The quantitative estimate of drug-likeness (QED) is 0.110. The average Bonchev–Trinajstić information content (AvgIpc) is 3.45. The van der Waals surface area contributed by atoms with E-state index in [2.05, 4.69) is 43.7 Å². The molecule has 5 N–H and O–H groups in total. The Labute approximate surface area is 284 Å². The lowest BCUT2D eigenvalue weighted by Crippen LogP contribution is -2.35. The Morgan fingerprint density at radius 3 is 2.27 bits per heavy atom. The molecule has 252 valence electrons. The van der Waals surface area contributed by atoms with E-state index in [0.717, 1.165) is 43.7 Å². The van der Waals surface area contributed by atoms with Gasteiger partial charge in [-0.1, -0.05) is 18.2 Å². The fourth-order valence-electron chi connectivity index (χ4n) is 5.91. The van der Waals surface area contributed by atoms with Gasteiger partial charge in [-0.05, 0) is 105 Å². The first kappa shape index (κ1) is 33.3. The van der Waals surface area contributed by atoms with Crippen molar-refractivity contribution < 1.29 is 29.3 Å². The number of anilines is 2. The molecule has 1 saturated heterocycles. The first-order valence-electron chi connectivity index (χ1n) is 16.3. The van der Waals surface area contributed by atoms with Crippen LogP contribution in [0.25, 0.3) is 16.6 Å². The number of hydrogen-bond donors (Lipinski definition) is 5. The minimum atomic E-state index is -1.21. The third kappa shape index (κ3) is 8.08. The fraction of sp³-hybridized carbons (Fsp3) is 0.237. The highest BCUT2D eigenvalue weighted by atomic mass is 16.5. The van der Waals surface area contributed by atoms with E-state index in [9.17, 15) is 24.6 Å². The zero-order chi connectivity index (χ0) is 34.5. The van der Waals surface area contributed by atoms with Crippen LogP contribution in [-0.2, 0) is 6.54 Å². The van der Waals surface area contributed by atoms with Gasteiger partial charge in [0.25, 0.3) is 5.91 Å². The van der Waals surface area contributed by atoms with Crippen LogP contribution in [-0.4, -0.2) is 62.8 Å². The number of carboxylic acid groups (broad SMARTS) is 1. The van der Waals surface area contributed by atoms with Crippen molar-refractivity contribution in [2.24, 2.45) is 0 Å². The van der Waals surface area contributed by atoms with Gasteiger partial charge in [0.2, 0.25) is 0 Å². The molecule has 0 radical (unpaired) electrons. The molecule has 4 aromatic carbocycles. The number of aliphatic hydroxyl groups is 1. The van der Waals surface area contributed by atoms with E-state index < -0.39 is 12.0 Å². The Bertz CT molecular complexity index is 1960. The van der Waals surface area contributed by atoms with Crippen molar-refractivity contribution >= 4 is 40.2 Å². The zero-order valence-electron chi connectivity index (χ0n) is 27.3. The summed E-state index contributed by atoms with van der Waals surface area (Å²) >= 11 is 0. The molecule has 0 atom stereocenters. The summed E-state index contributed by atoms with van der Waals surface area (Å²) in [4.78, 5) is 39.4. The van der Waals surface area contributed by atoms with Gasteiger partial charge >= 0.3 is 12.0 Å². The highest BCUT2D eigenvalue weighted by Gasteiger charge is 2.20. The molecule has 5 aromatic rings. The molecule has 6 rings (SSSR count). The molecule has 0 saturated carbocycles. The second-order valence-corrected chi connectivity index (χ2v) is 12.4. The van der Waals surface area contributed by atoms with Crippen LogP contribution in [0.4, 0.5) is 16.2 Å². The zero-order valence-corrected chi connectivity index (χ0v) is 27.3. The lowest BCUT2D eigenvalue weighted by atomic mass is 10.1. The van der Waals surface area contributed by atoms with Gasteiger partial charge in [-0.15, -0.1) is 0 Å². The number of likely N-dealkylation sites (tertiary alicyclic amines) is 1. The van der Waals surface area contributed by atoms with Crippen molar-refractivity contribution in [2.75, 3.05) is 23.7 Å². The highest BCUT2D eigenvalue weighted by Crippen LogP contribution is 2.30. The highest BCUT2D eigenvalue weighted by molar-refractivity contribution is 6.04. The summed E-state index contributed by atoms with van der Waals surface area (Å²) in [6.07, 6.45) is 3.54. The molecule has 11 heteroatoms. The average molecular weight is 662 g/mol. The van der Waals surface area contributed by atoms with Crippen LogP contribution < -0.4 is 20.7 Å². The van der Waals surface area contributed by atoms with Crippen molar-refractivity contribution in [1.82, 2.24) is 14.8 Å². The molecule has 1 fully saturated rings. The monoisotopic (exact) mass is 661 g/mol. The van der Waals surface area contributed by atoms with Gasteiger partial charge in [0.1, 0.15) is 17.1 Å². The van der Waals surface area contributed by atoms with Crippen molar-refractivity contribution in [3.05, 3.63) is 114 Å². The Kier molecular flexibility index (Phi) is 9.93. The molecule has 11 nitrogen and oxygen atoms in total. The Balaban J connectivity index is 1.10. The summed E-state index contributed by atoms with van der Waals surface area (Å²) in [5.41, 5.74) is 4.49. The van der Waals surface area contributed by atoms with E-state index in [-0.39, 0.29) is 29.4 Å². The second-order valence-electron chi connectivity index (χ2n) is 12.4. The number of aromatic carboxylic acids is 1. The molecule has 0 aliphatic carbocycles. The summed E-state index contributed by atoms with van der Waals surface area (Å²) in [6.45, 7) is 6.20. The number of nitrogens with one attached hydrogen (secondary N) is 3. The number of carboxylic acids is 1. The Morgan fingerprint density at radius 1 is 0.878 bits per heavy atom. The summed E-state index contributed by atoms with van der Waals surface area (Å²) in [6, 6.07) is 26.2. The number of amides is 3. The molecule has 1 aliphatic heterocycles. The Morgan fingerprint density at radius 2 is 1.57 bits per heavy atom. The molecule has 1 aliphatic rings. The number of aromatic nitrogens is 1. The minimum Gasteiger partial charge on any atom is -0.478 e. The number of aliphatic hydroxyl groups excluding tert-OH is 1. The van der Waals surface area contributed by atoms with E-state index in [1.54, 1.807) is 42.5 Å². The second kappa shape index (κ2) is 14.6. The van der Waals surface area contributed by atoms with Crippen LogP contribution in [0.15, 0.2) is 97.2 Å². The third-order valence-corrected chi connectivity index (χ3v) is 8.38. The first-order chi connectivity index (χ1) is 23.6. The number of rotatable bonds is 10. The lowest BCUT2D eigenvalue weighted by molar-refractivity contribution is 0.0693. The van der Waals surface area contributed by atoms with Crippen molar-refractivity contribution in [2.45, 2.75) is 45.4 Å². The molecule has 0 spiro atoms. The first-order valence-corrected chi connectivity index (χ1v) is 16.3. The van der Waals surface area contributed by atoms with Gasteiger partial charge in [0.05, 0.1) is 11.6 Å². The van der Waals surface area contributed by atoms with E-state index in [1.165, 1.54) is 23.1 Å².